The molecule has 0 aromatic heterocycles. The van der Waals surface area contributed by atoms with Gasteiger partial charge in [-0.2, -0.15) is 0 Å². The largest absolute Gasteiger partial charge is 0.322 e. The standard InChI is InChI=1S/C27H17ClF4N2O2S/c28-17-8-4-7-16(13-17)26(35)33-18-9-11-19(12-10-18)37-25(15-5-2-1-3-6-15)27(36)34-24-22(31)20(29)14-21(30)23(24)32/h1-14,25H,(H,33,35)(H,34,36). The highest BCUT2D eigenvalue weighted by atomic mass is 35.5. The van der Waals surface area contributed by atoms with Crippen LogP contribution in [0.1, 0.15) is 21.2 Å². The molecule has 1 unspecified atom stereocenters. The van der Waals surface area contributed by atoms with Crippen molar-refractivity contribution in [1.82, 2.24) is 0 Å². The van der Waals surface area contributed by atoms with Crippen LogP contribution in [-0.2, 0) is 4.79 Å². The number of carbonyl (C=O) groups excluding carboxylic acids is 2. The lowest BCUT2D eigenvalue weighted by Gasteiger charge is -2.18. The summed E-state index contributed by atoms with van der Waals surface area (Å²) < 4.78 is 55.5. The van der Waals surface area contributed by atoms with Gasteiger partial charge in [0.15, 0.2) is 23.3 Å². The van der Waals surface area contributed by atoms with Crippen LogP contribution in [0.4, 0.5) is 28.9 Å². The van der Waals surface area contributed by atoms with Crippen LogP contribution in [0.2, 0.25) is 5.02 Å². The summed E-state index contributed by atoms with van der Waals surface area (Å²) in [6.07, 6.45) is 0. The first-order valence-electron chi connectivity index (χ1n) is 10.8. The van der Waals surface area contributed by atoms with Crippen LogP contribution in [0.5, 0.6) is 0 Å². The number of hydrogen-bond acceptors (Lipinski definition) is 3. The van der Waals surface area contributed by atoms with E-state index in [1.54, 1.807) is 72.8 Å². The Balaban J connectivity index is 1.54. The molecule has 4 aromatic carbocycles. The predicted octanol–water partition coefficient (Wildman–Crippen LogP) is 7.62. The Kier molecular flexibility index (Phi) is 8.15. The van der Waals surface area contributed by atoms with Crippen molar-refractivity contribution in [2.24, 2.45) is 0 Å². The highest BCUT2D eigenvalue weighted by Crippen LogP contribution is 2.37. The zero-order valence-electron chi connectivity index (χ0n) is 18.8. The number of rotatable bonds is 7. The number of amides is 2. The van der Waals surface area contributed by atoms with Crippen LogP contribution >= 0.6 is 23.4 Å². The van der Waals surface area contributed by atoms with E-state index < -0.39 is 40.1 Å². The van der Waals surface area contributed by atoms with Gasteiger partial charge in [-0.15, -0.1) is 11.8 Å². The van der Waals surface area contributed by atoms with Crippen LogP contribution in [0, 0.1) is 23.3 Å². The zero-order chi connectivity index (χ0) is 26.5. The molecule has 0 saturated carbocycles. The van der Waals surface area contributed by atoms with Crippen molar-refractivity contribution >= 4 is 46.6 Å². The Morgan fingerprint density at radius 3 is 2.03 bits per heavy atom. The molecule has 2 N–H and O–H groups in total. The maximum absolute atomic E-state index is 14.1. The molecule has 0 bridgehead atoms. The molecule has 10 heteroatoms. The number of benzene rings is 4. The average molecular weight is 545 g/mol. The van der Waals surface area contributed by atoms with Crippen molar-refractivity contribution in [1.29, 1.82) is 0 Å². The summed E-state index contributed by atoms with van der Waals surface area (Å²) in [4.78, 5) is 26.1. The molecule has 0 radical (unpaired) electrons. The number of anilines is 2. The van der Waals surface area contributed by atoms with Gasteiger partial charge in [0.25, 0.3) is 5.91 Å². The minimum atomic E-state index is -1.70. The van der Waals surface area contributed by atoms with Crippen LogP contribution in [0.25, 0.3) is 0 Å². The summed E-state index contributed by atoms with van der Waals surface area (Å²) >= 11 is 6.97. The first-order valence-corrected chi connectivity index (χ1v) is 12.0. The topological polar surface area (TPSA) is 58.2 Å². The molecule has 0 aliphatic rings. The highest BCUT2D eigenvalue weighted by Gasteiger charge is 2.27. The van der Waals surface area contributed by atoms with Gasteiger partial charge in [0.05, 0.1) is 0 Å². The molecule has 4 rings (SSSR count). The first kappa shape index (κ1) is 26.2. The smallest absolute Gasteiger partial charge is 0.255 e. The number of hydrogen-bond donors (Lipinski definition) is 2. The SMILES string of the molecule is O=C(Nc1ccc(SC(C(=O)Nc2c(F)c(F)cc(F)c2F)c2ccccc2)cc1)c1cccc(Cl)c1. The number of thioether (sulfide) groups is 1. The number of carbonyl (C=O) groups is 2. The van der Waals surface area contributed by atoms with Crippen LogP contribution in [0.3, 0.4) is 0 Å². The molecule has 188 valence electrons. The van der Waals surface area contributed by atoms with Gasteiger partial charge < -0.3 is 10.6 Å². The lowest BCUT2D eigenvalue weighted by molar-refractivity contribution is -0.115. The second kappa shape index (κ2) is 11.5. The first-order chi connectivity index (χ1) is 17.7. The van der Waals surface area contributed by atoms with E-state index in [4.69, 9.17) is 11.6 Å². The molecule has 0 spiro atoms. The summed E-state index contributed by atoms with van der Waals surface area (Å²) in [5.74, 6) is -7.93. The fourth-order valence-corrected chi connectivity index (χ4v) is 4.57. The lowest BCUT2D eigenvalue weighted by atomic mass is 10.1. The molecule has 0 aliphatic heterocycles. The fourth-order valence-electron chi connectivity index (χ4n) is 3.36. The third-order valence-electron chi connectivity index (χ3n) is 5.15. The molecule has 0 aliphatic carbocycles. The Bertz CT molecular complexity index is 1430. The van der Waals surface area contributed by atoms with Crippen molar-refractivity contribution in [3.63, 3.8) is 0 Å². The van der Waals surface area contributed by atoms with Crippen molar-refractivity contribution in [2.45, 2.75) is 10.1 Å². The Hall–Kier alpha value is -3.82. The minimum Gasteiger partial charge on any atom is -0.322 e. The van der Waals surface area contributed by atoms with Crippen molar-refractivity contribution in [3.05, 3.63) is 124 Å². The molecule has 0 saturated heterocycles. The molecule has 2 amide bonds. The third kappa shape index (κ3) is 6.31. The van der Waals surface area contributed by atoms with Gasteiger partial charge in [0.2, 0.25) is 5.91 Å². The Morgan fingerprint density at radius 1 is 0.757 bits per heavy atom. The molecule has 4 aromatic rings. The van der Waals surface area contributed by atoms with E-state index >= 15 is 0 Å². The predicted molar refractivity (Wildman–Crippen MR) is 136 cm³/mol. The van der Waals surface area contributed by atoms with Gasteiger partial charge in [-0.05, 0) is 48.0 Å². The van der Waals surface area contributed by atoms with Crippen molar-refractivity contribution in [3.8, 4) is 0 Å². The summed E-state index contributed by atoms with van der Waals surface area (Å²) in [7, 11) is 0. The molecule has 0 fully saturated rings. The molecule has 37 heavy (non-hydrogen) atoms. The summed E-state index contributed by atoms with van der Waals surface area (Å²) in [6.45, 7) is 0. The van der Waals surface area contributed by atoms with Gasteiger partial charge >= 0.3 is 0 Å². The fraction of sp³-hybridized carbons (Fsp3) is 0.0370. The molecule has 4 nitrogen and oxygen atoms in total. The second-order valence-electron chi connectivity index (χ2n) is 7.73. The van der Waals surface area contributed by atoms with E-state index in [2.05, 4.69) is 5.32 Å². The minimum absolute atomic E-state index is 0.0659. The maximum atomic E-state index is 14.1. The van der Waals surface area contributed by atoms with Gasteiger partial charge in [0.1, 0.15) is 10.9 Å². The van der Waals surface area contributed by atoms with Crippen molar-refractivity contribution < 1.29 is 27.2 Å². The molecular formula is C27H17ClF4N2O2S. The van der Waals surface area contributed by atoms with Gasteiger partial charge in [-0.25, -0.2) is 17.6 Å². The third-order valence-corrected chi connectivity index (χ3v) is 6.65. The summed E-state index contributed by atoms with van der Waals surface area (Å²) in [6, 6.07) is 21.4. The van der Waals surface area contributed by atoms with E-state index in [1.807, 2.05) is 5.32 Å². The van der Waals surface area contributed by atoms with E-state index in [-0.39, 0.29) is 12.0 Å². The highest BCUT2D eigenvalue weighted by molar-refractivity contribution is 8.00. The monoisotopic (exact) mass is 544 g/mol. The van der Waals surface area contributed by atoms with Crippen LogP contribution in [0.15, 0.2) is 89.8 Å². The summed E-state index contributed by atoms with van der Waals surface area (Å²) in [5.41, 5.74) is 0.138. The van der Waals surface area contributed by atoms with Crippen molar-refractivity contribution in [2.75, 3.05) is 10.6 Å². The summed E-state index contributed by atoms with van der Waals surface area (Å²) in [5, 5.41) is 4.11. The van der Waals surface area contributed by atoms with E-state index in [0.29, 0.717) is 26.7 Å². The number of halogens is 5. The van der Waals surface area contributed by atoms with Gasteiger partial charge in [0, 0.05) is 27.2 Å². The lowest BCUT2D eigenvalue weighted by Crippen LogP contribution is -2.21. The van der Waals surface area contributed by atoms with Crippen LogP contribution in [-0.4, -0.2) is 11.8 Å². The molecular weight excluding hydrogens is 528 g/mol. The second-order valence-corrected chi connectivity index (χ2v) is 9.34. The molecule has 0 heterocycles. The van der Waals surface area contributed by atoms with Gasteiger partial charge in [-0.3, -0.25) is 9.59 Å². The van der Waals surface area contributed by atoms with E-state index in [9.17, 15) is 27.2 Å². The zero-order valence-corrected chi connectivity index (χ0v) is 20.3. The normalized spacial score (nSPS) is 11.6. The Morgan fingerprint density at radius 2 is 1.41 bits per heavy atom. The van der Waals surface area contributed by atoms with Crippen LogP contribution < -0.4 is 10.6 Å². The van der Waals surface area contributed by atoms with E-state index in [1.165, 1.54) is 6.07 Å². The average Bonchev–Trinajstić information content (AvgIpc) is 2.90. The maximum Gasteiger partial charge on any atom is 0.255 e. The van der Waals surface area contributed by atoms with E-state index in [0.717, 1.165) is 11.8 Å². The Labute approximate surface area is 218 Å². The number of nitrogens with one attached hydrogen (secondary N) is 2. The quantitative estimate of drug-likeness (QED) is 0.143. The van der Waals surface area contributed by atoms with Gasteiger partial charge in [-0.1, -0.05) is 48.0 Å². The molecule has 1 atom stereocenters.